The molecule has 30 heavy (non-hydrogen) atoms. The van der Waals surface area contributed by atoms with E-state index >= 15 is 0 Å². The van der Waals surface area contributed by atoms with Crippen molar-refractivity contribution in [1.82, 2.24) is 20.0 Å². The molecule has 2 N–H and O–H groups in total. The van der Waals surface area contributed by atoms with Gasteiger partial charge in [0, 0.05) is 51.2 Å². The molecule has 0 aromatic heterocycles. The topological polar surface area (TPSA) is 76.1 Å². The molecule has 4 rings (SSSR count). The normalized spacial score (nSPS) is 30.2. The Morgan fingerprint density at radius 1 is 1.23 bits per heavy atom. The SMILES string of the molecule is CN1[C@@H](CCC(=O)N2CC[C@@H](O)C2)CNC(=O)[C@@H]2[C@@H]1CCN2Cc1ccc(F)cc1. The Hall–Kier alpha value is -2.03. The Balaban J connectivity index is 1.37. The second-order valence-electron chi connectivity index (χ2n) is 8.78. The quantitative estimate of drug-likeness (QED) is 0.731. The number of β-amino-alcohol motifs (C(OH)–C–C–N with tert-alkyl or cyclic N) is 1. The maximum atomic E-state index is 13.2. The van der Waals surface area contributed by atoms with Gasteiger partial charge in [-0.3, -0.25) is 19.4 Å². The number of aliphatic hydroxyl groups excluding tert-OH is 1. The molecular weight excluding hydrogens is 387 g/mol. The summed E-state index contributed by atoms with van der Waals surface area (Å²) in [6.45, 7) is 3.01. The first-order valence-corrected chi connectivity index (χ1v) is 10.9. The molecule has 7 nitrogen and oxygen atoms in total. The average Bonchev–Trinajstić information content (AvgIpc) is 3.32. The molecule has 1 aromatic carbocycles. The number of amides is 2. The number of likely N-dealkylation sites (tertiary alicyclic amines) is 2. The van der Waals surface area contributed by atoms with Gasteiger partial charge in [-0.25, -0.2) is 4.39 Å². The molecule has 4 atom stereocenters. The van der Waals surface area contributed by atoms with Crippen LogP contribution in [0.15, 0.2) is 24.3 Å². The second kappa shape index (κ2) is 8.99. The number of hydrogen-bond acceptors (Lipinski definition) is 5. The molecule has 2 amide bonds. The first-order valence-electron chi connectivity index (χ1n) is 10.9. The fourth-order valence-electron chi connectivity index (χ4n) is 5.07. The highest BCUT2D eigenvalue weighted by Gasteiger charge is 2.45. The summed E-state index contributed by atoms with van der Waals surface area (Å²) in [6.07, 6.45) is 2.25. The number of benzene rings is 1. The van der Waals surface area contributed by atoms with Crippen LogP contribution in [0.2, 0.25) is 0 Å². The van der Waals surface area contributed by atoms with Gasteiger partial charge < -0.3 is 15.3 Å². The number of hydrogen-bond donors (Lipinski definition) is 2. The summed E-state index contributed by atoms with van der Waals surface area (Å²) in [5.74, 6) is -0.148. The summed E-state index contributed by atoms with van der Waals surface area (Å²) in [4.78, 5) is 31.5. The molecule has 3 heterocycles. The van der Waals surface area contributed by atoms with Crippen LogP contribution in [0, 0.1) is 5.82 Å². The second-order valence-corrected chi connectivity index (χ2v) is 8.78. The Labute approximate surface area is 176 Å². The molecule has 0 aliphatic carbocycles. The van der Waals surface area contributed by atoms with Crippen molar-refractivity contribution < 1.29 is 19.1 Å². The van der Waals surface area contributed by atoms with Crippen molar-refractivity contribution in [3.63, 3.8) is 0 Å². The maximum Gasteiger partial charge on any atom is 0.239 e. The fourth-order valence-corrected chi connectivity index (χ4v) is 5.07. The average molecular weight is 419 g/mol. The van der Waals surface area contributed by atoms with Crippen molar-refractivity contribution in [2.24, 2.45) is 0 Å². The number of fused-ring (bicyclic) bond motifs is 1. The Kier molecular flexibility index (Phi) is 6.36. The van der Waals surface area contributed by atoms with Gasteiger partial charge in [-0.2, -0.15) is 0 Å². The van der Waals surface area contributed by atoms with Gasteiger partial charge in [0.15, 0.2) is 0 Å². The van der Waals surface area contributed by atoms with Crippen molar-refractivity contribution in [2.45, 2.75) is 56.5 Å². The molecule has 0 spiro atoms. The molecule has 0 unspecified atom stereocenters. The van der Waals surface area contributed by atoms with E-state index in [1.807, 2.05) is 7.05 Å². The van der Waals surface area contributed by atoms with Crippen LogP contribution >= 0.6 is 0 Å². The van der Waals surface area contributed by atoms with E-state index in [1.165, 1.54) is 12.1 Å². The van der Waals surface area contributed by atoms with Crippen LogP contribution in [-0.4, -0.2) is 89.1 Å². The molecule has 8 heteroatoms. The van der Waals surface area contributed by atoms with Crippen LogP contribution in [0.25, 0.3) is 0 Å². The van der Waals surface area contributed by atoms with Crippen molar-refractivity contribution in [3.05, 3.63) is 35.6 Å². The number of carbonyl (C=O) groups excluding carboxylic acids is 2. The largest absolute Gasteiger partial charge is 0.391 e. The Morgan fingerprint density at radius 3 is 2.70 bits per heavy atom. The predicted octanol–water partition coefficient (Wildman–Crippen LogP) is 0.572. The molecule has 3 aliphatic heterocycles. The number of rotatable bonds is 5. The third-order valence-electron chi connectivity index (χ3n) is 6.86. The third kappa shape index (κ3) is 4.50. The van der Waals surface area contributed by atoms with E-state index in [4.69, 9.17) is 0 Å². The van der Waals surface area contributed by atoms with Gasteiger partial charge in [-0.1, -0.05) is 12.1 Å². The van der Waals surface area contributed by atoms with E-state index in [0.717, 1.165) is 18.5 Å². The highest BCUT2D eigenvalue weighted by molar-refractivity contribution is 5.83. The molecule has 3 fully saturated rings. The van der Waals surface area contributed by atoms with Gasteiger partial charge in [-0.15, -0.1) is 0 Å². The Bertz CT molecular complexity index is 774. The van der Waals surface area contributed by atoms with Gasteiger partial charge in [0.25, 0.3) is 0 Å². The van der Waals surface area contributed by atoms with E-state index < -0.39 is 6.10 Å². The number of carbonyl (C=O) groups is 2. The van der Waals surface area contributed by atoms with E-state index in [1.54, 1.807) is 17.0 Å². The smallest absolute Gasteiger partial charge is 0.239 e. The number of halogens is 1. The molecule has 1 aromatic rings. The number of nitrogens with one attached hydrogen (secondary N) is 1. The number of nitrogens with zero attached hydrogens (tertiary/aromatic N) is 3. The fraction of sp³-hybridized carbons (Fsp3) is 0.636. The molecule has 0 bridgehead atoms. The summed E-state index contributed by atoms with van der Waals surface area (Å²) >= 11 is 0. The number of aliphatic hydroxyl groups is 1. The van der Waals surface area contributed by atoms with Crippen molar-refractivity contribution in [3.8, 4) is 0 Å². The van der Waals surface area contributed by atoms with Crippen molar-refractivity contribution >= 4 is 11.8 Å². The van der Waals surface area contributed by atoms with E-state index in [0.29, 0.717) is 45.4 Å². The lowest BCUT2D eigenvalue weighted by Gasteiger charge is -2.33. The van der Waals surface area contributed by atoms with Crippen molar-refractivity contribution in [2.75, 3.05) is 33.2 Å². The molecule has 164 valence electrons. The Morgan fingerprint density at radius 2 is 2.00 bits per heavy atom. The first kappa shape index (κ1) is 21.2. The standard InChI is InChI=1S/C22H31FN4O3/c1-25-17(6-7-20(29)26-10-8-18(28)14-26)12-24-22(30)21-19(25)9-11-27(21)13-15-2-4-16(23)5-3-15/h2-5,17-19,21,28H,6-14H2,1H3,(H,24,30)/t17-,18+,19-,21-/m0/s1. The molecule has 0 radical (unpaired) electrons. The van der Waals surface area contributed by atoms with Gasteiger partial charge in [0.1, 0.15) is 11.9 Å². The highest BCUT2D eigenvalue weighted by atomic mass is 19.1. The van der Waals surface area contributed by atoms with Crippen LogP contribution in [0.5, 0.6) is 0 Å². The zero-order chi connectivity index (χ0) is 21.3. The lowest BCUT2D eigenvalue weighted by atomic mass is 10.0. The van der Waals surface area contributed by atoms with Crippen LogP contribution in [0.4, 0.5) is 4.39 Å². The molecular formula is C22H31FN4O3. The van der Waals surface area contributed by atoms with E-state index in [9.17, 15) is 19.1 Å². The first-order chi connectivity index (χ1) is 14.4. The van der Waals surface area contributed by atoms with E-state index in [2.05, 4.69) is 15.1 Å². The summed E-state index contributed by atoms with van der Waals surface area (Å²) < 4.78 is 13.2. The third-order valence-corrected chi connectivity index (χ3v) is 6.86. The predicted molar refractivity (Wildman–Crippen MR) is 110 cm³/mol. The molecule has 3 saturated heterocycles. The monoisotopic (exact) mass is 418 g/mol. The van der Waals surface area contributed by atoms with Gasteiger partial charge >= 0.3 is 0 Å². The lowest BCUT2D eigenvalue weighted by molar-refractivity contribution is -0.131. The lowest BCUT2D eigenvalue weighted by Crippen LogP contribution is -2.49. The summed E-state index contributed by atoms with van der Waals surface area (Å²) in [5.41, 5.74) is 0.992. The minimum Gasteiger partial charge on any atom is -0.391 e. The van der Waals surface area contributed by atoms with Gasteiger partial charge in [-0.05, 0) is 44.0 Å². The number of likely N-dealkylation sites (N-methyl/N-ethyl adjacent to an activating group) is 1. The van der Waals surface area contributed by atoms with Gasteiger partial charge in [0.2, 0.25) is 11.8 Å². The van der Waals surface area contributed by atoms with Crippen molar-refractivity contribution in [1.29, 1.82) is 0 Å². The summed E-state index contributed by atoms with van der Waals surface area (Å²) in [5, 5.41) is 12.7. The van der Waals surface area contributed by atoms with E-state index in [-0.39, 0.29) is 35.8 Å². The van der Waals surface area contributed by atoms with Crippen LogP contribution < -0.4 is 5.32 Å². The van der Waals surface area contributed by atoms with Crippen LogP contribution in [0.3, 0.4) is 0 Å². The molecule has 0 saturated carbocycles. The van der Waals surface area contributed by atoms with Gasteiger partial charge in [0.05, 0.1) is 6.10 Å². The molecule has 3 aliphatic rings. The van der Waals surface area contributed by atoms with Crippen LogP contribution in [-0.2, 0) is 16.1 Å². The zero-order valence-electron chi connectivity index (χ0n) is 17.5. The minimum absolute atomic E-state index is 0.0305. The maximum absolute atomic E-state index is 13.2. The summed E-state index contributed by atoms with van der Waals surface area (Å²) in [6, 6.07) is 6.40. The highest BCUT2D eigenvalue weighted by Crippen LogP contribution is 2.28. The van der Waals surface area contributed by atoms with Crippen LogP contribution in [0.1, 0.15) is 31.2 Å². The summed E-state index contributed by atoms with van der Waals surface area (Å²) in [7, 11) is 2.05. The minimum atomic E-state index is -0.403. The zero-order valence-corrected chi connectivity index (χ0v) is 17.5.